The van der Waals surface area contributed by atoms with Crippen LogP contribution >= 0.6 is 0 Å². The molecule has 4 heteroatoms. The van der Waals surface area contributed by atoms with E-state index in [4.69, 9.17) is 10.5 Å². The normalized spacial score (nSPS) is 17.6. The minimum absolute atomic E-state index is 0.0999. The van der Waals surface area contributed by atoms with E-state index in [1.54, 1.807) is 0 Å². The van der Waals surface area contributed by atoms with E-state index in [1.165, 1.54) is 0 Å². The predicted octanol–water partition coefficient (Wildman–Crippen LogP) is 0.0714. The van der Waals surface area contributed by atoms with Gasteiger partial charge < -0.3 is 15.8 Å². The molecule has 0 spiro atoms. The Morgan fingerprint density at radius 2 is 2.12 bits per heavy atom. The fourth-order valence-corrected chi connectivity index (χ4v) is 1.59. The Hall–Kier alpha value is -1.39. The highest BCUT2D eigenvalue weighted by atomic mass is 16.5. The molecule has 1 aliphatic heterocycles. The SMILES string of the molecule is N[C@H](Cc1ccccc1)C(=O)NC1COC1. The van der Waals surface area contributed by atoms with Gasteiger partial charge in [-0.2, -0.15) is 0 Å². The molecule has 1 atom stereocenters. The van der Waals surface area contributed by atoms with Gasteiger partial charge in [-0.1, -0.05) is 30.3 Å². The van der Waals surface area contributed by atoms with Gasteiger partial charge in [-0.15, -0.1) is 0 Å². The van der Waals surface area contributed by atoms with Crippen molar-refractivity contribution >= 4 is 5.91 Å². The van der Waals surface area contributed by atoms with Crippen molar-refractivity contribution in [2.45, 2.75) is 18.5 Å². The van der Waals surface area contributed by atoms with Crippen LogP contribution in [0.2, 0.25) is 0 Å². The number of carbonyl (C=O) groups is 1. The van der Waals surface area contributed by atoms with Gasteiger partial charge in [0.05, 0.1) is 25.3 Å². The number of carbonyl (C=O) groups excluding carboxylic acids is 1. The van der Waals surface area contributed by atoms with E-state index in [2.05, 4.69) is 5.32 Å². The van der Waals surface area contributed by atoms with E-state index < -0.39 is 6.04 Å². The summed E-state index contributed by atoms with van der Waals surface area (Å²) < 4.78 is 4.98. The van der Waals surface area contributed by atoms with Crippen LogP contribution in [0.25, 0.3) is 0 Å². The maximum absolute atomic E-state index is 11.7. The molecule has 4 nitrogen and oxygen atoms in total. The van der Waals surface area contributed by atoms with Crippen LogP contribution in [0.3, 0.4) is 0 Å². The Morgan fingerprint density at radius 1 is 1.44 bits per heavy atom. The number of amides is 1. The number of rotatable bonds is 4. The lowest BCUT2D eigenvalue weighted by molar-refractivity contribution is -0.126. The van der Waals surface area contributed by atoms with Gasteiger partial charge in [0.25, 0.3) is 0 Å². The molecule has 1 amide bonds. The van der Waals surface area contributed by atoms with Gasteiger partial charge in [-0.3, -0.25) is 4.79 Å². The molecule has 1 fully saturated rings. The van der Waals surface area contributed by atoms with Crippen LogP contribution in [-0.2, 0) is 16.0 Å². The molecule has 0 aliphatic carbocycles. The summed E-state index contributed by atoms with van der Waals surface area (Å²) in [7, 11) is 0. The molecule has 16 heavy (non-hydrogen) atoms. The summed E-state index contributed by atoms with van der Waals surface area (Å²) in [6.07, 6.45) is 0.570. The highest BCUT2D eigenvalue weighted by molar-refractivity contribution is 5.82. The lowest BCUT2D eigenvalue weighted by Gasteiger charge is -2.28. The van der Waals surface area contributed by atoms with Gasteiger partial charge in [0.1, 0.15) is 0 Å². The van der Waals surface area contributed by atoms with Crippen LogP contribution in [0.1, 0.15) is 5.56 Å². The van der Waals surface area contributed by atoms with Gasteiger partial charge in [0, 0.05) is 0 Å². The summed E-state index contributed by atoms with van der Waals surface area (Å²) in [6, 6.07) is 9.44. The van der Waals surface area contributed by atoms with E-state index in [0.717, 1.165) is 5.56 Å². The first-order chi connectivity index (χ1) is 7.75. The van der Waals surface area contributed by atoms with Crippen LogP contribution < -0.4 is 11.1 Å². The van der Waals surface area contributed by atoms with Gasteiger partial charge >= 0.3 is 0 Å². The van der Waals surface area contributed by atoms with E-state index in [1.807, 2.05) is 30.3 Å². The maximum Gasteiger partial charge on any atom is 0.237 e. The average molecular weight is 220 g/mol. The van der Waals surface area contributed by atoms with Crippen molar-refractivity contribution < 1.29 is 9.53 Å². The third-order valence-corrected chi connectivity index (χ3v) is 2.62. The summed E-state index contributed by atoms with van der Waals surface area (Å²) in [4.78, 5) is 11.7. The number of benzene rings is 1. The second kappa shape index (κ2) is 5.09. The van der Waals surface area contributed by atoms with Crippen molar-refractivity contribution in [2.24, 2.45) is 5.73 Å². The lowest BCUT2D eigenvalue weighted by atomic mass is 10.1. The molecule has 0 radical (unpaired) electrons. The molecule has 0 saturated carbocycles. The van der Waals surface area contributed by atoms with Crippen molar-refractivity contribution in [1.82, 2.24) is 5.32 Å². The molecule has 1 aliphatic rings. The lowest BCUT2D eigenvalue weighted by Crippen LogP contribution is -2.53. The number of nitrogens with one attached hydrogen (secondary N) is 1. The summed E-state index contributed by atoms with van der Waals surface area (Å²) in [6.45, 7) is 1.20. The molecule has 86 valence electrons. The second-order valence-corrected chi connectivity index (χ2v) is 4.04. The molecule has 0 unspecified atom stereocenters. The summed E-state index contributed by atoms with van der Waals surface area (Å²) >= 11 is 0. The van der Waals surface area contributed by atoms with E-state index >= 15 is 0 Å². The van der Waals surface area contributed by atoms with Gasteiger partial charge in [0.2, 0.25) is 5.91 Å². The Morgan fingerprint density at radius 3 is 2.69 bits per heavy atom. The molecule has 3 N–H and O–H groups in total. The van der Waals surface area contributed by atoms with Crippen molar-refractivity contribution in [2.75, 3.05) is 13.2 Å². The predicted molar refractivity (Wildman–Crippen MR) is 60.9 cm³/mol. The highest BCUT2D eigenvalue weighted by Crippen LogP contribution is 2.04. The number of hydrogen-bond acceptors (Lipinski definition) is 3. The monoisotopic (exact) mass is 220 g/mol. The Bertz CT molecular complexity index is 349. The third kappa shape index (κ3) is 2.81. The standard InChI is InChI=1S/C12H16N2O2/c13-11(6-9-4-2-1-3-5-9)12(15)14-10-7-16-8-10/h1-5,10-11H,6-8,13H2,(H,14,15)/t11-/m1/s1. The van der Waals surface area contributed by atoms with Gasteiger partial charge in [-0.05, 0) is 12.0 Å². The molecular weight excluding hydrogens is 204 g/mol. The van der Waals surface area contributed by atoms with Crippen LogP contribution in [-0.4, -0.2) is 31.2 Å². The number of hydrogen-bond donors (Lipinski definition) is 2. The average Bonchev–Trinajstić information content (AvgIpc) is 2.24. The van der Waals surface area contributed by atoms with Crippen LogP contribution in [0.15, 0.2) is 30.3 Å². The molecular formula is C12H16N2O2. The van der Waals surface area contributed by atoms with Crippen molar-refractivity contribution in [3.8, 4) is 0 Å². The zero-order valence-electron chi connectivity index (χ0n) is 9.06. The van der Waals surface area contributed by atoms with Crippen LogP contribution in [0.4, 0.5) is 0 Å². The smallest absolute Gasteiger partial charge is 0.237 e. The Labute approximate surface area is 94.8 Å². The topological polar surface area (TPSA) is 64.4 Å². The minimum atomic E-state index is -0.483. The van der Waals surface area contributed by atoms with E-state index in [0.29, 0.717) is 19.6 Å². The van der Waals surface area contributed by atoms with E-state index in [9.17, 15) is 4.79 Å². The Balaban J connectivity index is 1.82. The molecule has 0 aromatic heterocycles. The third-order valence-electron chi connectivity index (χ3n) is 2.62. The summed E-state index contributed by atoms with van der Waals surface area (Å²) in [5, 5.41) is 2.85. The summed E-state index contributed by atoms with van der Waals surface area (Å²) in [5.74, 6) is -0.0999. The first kappa shape index (κ1) is 11.1. The van der Waals surface area contributed by atoms with Gasteiger partial charge in [0.15, 0.2) is 0 Å². The van der Waals surface area contributed by atoms with Crippen LogP contribution in [0.5, 0.6) is 0 Å². The van der Waals surface area contributed by atoms with Gasteiger partial charge in [-0.25, -0.2) is 0 Å². The first-order valence-corrected chi connectivity index (χ1v) is 5.43. The highest BCUT2D eigenvalue weighted by Gasteiger charge is 2.23. The second-order valence-electron chi connectivity index (χ2n) is 4.04. The van der Waals surface area contributed by atoms with Crippen molar-refractivity contribution in [3.63, 3.8) is 0 Å². The fraction of sp³-hybridized carbons (Fsp3) is 0.417. The molecule has 2 rings (SSSR count). The fourth-order valence-electron chi connectivity index (χ4n) is 1.59. The van der Waals surface area contributed by atoms with Crippen molar-refractivity contribution in [1.29, 1.82) is 0 Å². The number of ether oxygens (including phenoxy) is 1. The Kier molecular flexibility index (Phi) is 3.54. The largest absolute Gasteiger partial charge is 0.377 e. The molecule has 0 bridgehead atoms. The first-order valence-electron chi connectivity index (χ1n) is 5.43. The molecule has 1 aromatic carbocycles. The molecule has 1 saturated heterocycles. The summed E-state index contributed by atoms with van der Waals surface area (Å²) in [5.41, 5.74) is 6.90. The maximum atomic E-state index is 11.7. The zero-order valence-corrected chi connectivity index (χ0v) is 9.06. The molecule has 1 aromatic rings. The molecule has 1 heterocycles. The van der Waals surface area contributed by atoms with E-state index in [-0.39, 0.29) is 11.9 Å². The van der Waals surface area contributed by atoms with Crippen molar-refractivity contribution in [3.05, 3.63) is 35.9 Å². The quantitative estimate of drug-likeness (QED) is 0.754. The minimum Gasteiger partial charge on any atom is -0.377 e. The number of nitrogens with two attached hydrogens (primary N) is 1. The zero-order chi connectivity index (χ0) is 11.4. The van der Waals surface area contributed by atoms with Crippen LogP contribution in [0, 0.1) is 0 Å².